The van der Waals surface area contributed by atoms with Crippen LogP contribution in [0.1, 0.15) is 33.1 Å². The summed E-state index contributed by atoms with van der Waals surface area (Å²) in [5.41, 5.74) is 1.04. The topological polar surface area (TPSA) is 9.23 Å². The molecule has 144 valence electrons. The maximum atomic E-state index is 14.0. The van der Waals surface area contributed by atoms with Gasteiger partial charge < -0.3 is 4.52 Å². The minimum atomic E-state index is -2.93. The third-order valence-corrected chi connectivity index (χ3v) is 13.8. The molecule has 4 atom stereocenters. The number of hydrogen-bond acceptors (Lipinski definition) is 4. The van der Waals surface area contributed by atoms with E-state index in [0.29, 0.717) is 17.8 Å². The standard InChI is InChI=1S/C16H16F5OPS3/c1-7(2)8-4-5-16(3)9(6-8)22-23(24,26-16)25-15-13(20)11(18)10(17)12(19)14(15)21/h8-9H,1,4-6H2,2-3H3/t8-,9+,16+,23+/m0/s1. The summed E-state index contributed by atoms with van der Waals surface area (Å²) in [5.74, 6) is -9.56. The Morgan fingerprint density at radius 3 is 2.27 bits per heavy atom. The van der Waals surface area contributed by atoms with Gasteiger partial charge in [-0.3, -0.25) is 0 Å². The third-order valence-electron chi connectivity index (χ3n) is 4.82. The van der Waals surface area contributed by atoms with Crippen LogP contribution in [0.25, 0.3) is 0 Å². The van der Waals surface area contributed by atoms with E-state index < -0.39 is 38.7 Å². The molecule has 0 radical (unpaired) electrons. The summed E-state index contributed by atoms with van der Waals surface area (Å²) in [6.07, 6.45) is 2.15. The van der Waals surface area contributed by atoms with E-state index in [1.54, 1.807) is 0 Å². The van der Waals surface area contributed by atoms with E-state index in [1.807, 2.05) is 13.8 Å². The fourth-order valence-corrected chi connectivity index (χ4v) is 14.9. The molecule has 1 aliphatic heterocycles. The maximum absolute atomic E-state index is 14.0. The summed E-state index contributed by atoms with van der Waals surface area (Å²) in [6, 6.07) is 0. The lowest BCUT2D eigenvalue weighted by molar-refractivity contribution is 0.129. The molecular weight excluding hydrogens is 430 g/mol. The Balaban J connectivity index is 1.91. The first kappa shape index (κ1) is 20.6. The number of benzene rings is 1. The molecule has 0 N–H and O–H groups in total. The SMILES string of the molecule is C=C(C)[C@H]1CC[C@@]2(C)S[P@](=S)(Sc3c(F)c(F)c(F)c(F)c3F)O[C@@H]2C1. The van der Waals surface area contributed by atoms with E-state index >= 15 is 0 Å². The summed E-state index contributed by atoms with van der Waals surface area (Å²) >= 11 is 7.27. The lowest BCUT2D eigenvalue weighted by Crippen LogP contribution is -2.39. The van der Waals surface area contributed by atoms with Crippen LogP contribution in [0.5, 0.6) is 0 Å². The molecule has 0 spiro atoms. The fourth-order valence-electron chi connectivity index (χ4n) is 3.20. The Kier molecular flexibility index (Phi) is 5.61. The van der Waals surface area contributed by atoms with Gasteiger partial charge in [0.1, 0.15) is 0 Å². The van der Waals surface area contributed by atoms with Crippen LogP contribution in [0.15, 0.2) is 17.0 Å². The van der Waals surface area contributed by atoms with Crippen LogP contribution in [0.4, 0.5) is 22.0 Å². The van der Waals surface area contributed by atoms with Crippen LogP contribution >= 0.6 is 27.4 Å². The third kappa shape index (κ3) is 3.50. The van der Waals surface area contributed by atoms with Crippen molar-refractivity contribution in [2.45, 2.75) is 48.9 Å². The van der Waals surface area contributed by atoms with Gasteiger partial charge in [-0.1, -0.05) is 23.5 Å². The van der Waals surface area contributed by atoms with Crippen LogP contribution in [0.3, 0.4) is 0 Å². The average molecular weight is 446 g/mol. The highest BCUT2D eigenvalue weighted by Crippen LogP contribution is 2.82. The average Bonchev–Trinajstić information content (AvgIpc) is 2.84. The molecule has 0 unspecified atom stereocenters. The van der Waals surface area contributed by atoms with Crippen molar-refractivity contribution in [3.8, 4) is 0 Å². The minimum absolute atomic E-state index is 0.234. The van der Waals surface area contributed by atoms with Gasteiger partial charge in [-0.15, -0.1) is 0 Å². The molecule has 2 fully saturated rings. The van der Waals surface area contributed by atoms with E-state index in [0.717, 1.165) is 18.4 Å². The second-order valence-corrected chi connectivity index (χ2v) is 17.4. The van der Waals surface area contributed by atoms with Crippen LogP contribution < -0.4 is 0 Å². The Morgan fingerprint density at radius 2 is 1.73 bits per heavy atom. The Morgan fingerprint density at radius 1 is 1.19 bits per heavy atom. The van der Waals surface area contributed by atoms with Crippen molar-refractivity contribution in [2.24, 2.45) is 5.92 Å². The molecule has 26 heavy (non-hydrogen) atoms. The summed E-state index contributed by atoms with van der Waals surface area (Å²) in [6.45, 7) is 7.88. The Bertz CT molecular complexity index is 804. The normalized spacial score (nSPS) is 34.0. The van der Waals surface area contributed by atoms with Gasteiger partial charge in [0.25, 0.3) is 0 Å². The van der Waals surface area contributed by atoms with Gasteiger partial charge in [0.2, 0.25) is 5.82 Å². The van der Waals surface area contributed by atoms with Gasteiger partial charge in [-0.2, -0.15) is 0 Å². The zero-order valence-electron chi connectivity index (χ0n) is 14.0. The van der Waals surface area contributed by atoms with E-state index in [1.165, 1.54) is 11.4 Å². The molecule has 1 aliphatic carbocycles. The highest BCUT2D eigenvalue weighted by Gasteiger charge is 2.53. The molecule has 0 bridgehead atoms. The van der Waals surface area contributed by atoms with Gasteiger partial charge in [-0.25, -0.2) is 22.0 Å². The predicted octanol–water partition coefficient (Wildman–Crippen LogP) is 6.97. The molecule has 0 amide bonds. The highest BCUT2D eigenvalue weighted by atomic mass is 33.2. The van der Waals surface area contributed by atoms with E-state index in [4.69, 9.17) is 16.3 Å². The second kappa shape index (κ2) is 7.07. The number of halogens is 5. The molecule has 10 heteroatoms. The monoisotopic (exact) mass is 446 g/mol. The van der Waals surface area contributed by atoms with Crippen molar-refractivity contribution in [1.29, 1.82) is 0 Å². The van der Waals surface area contributed by atoms with Crippen LogP contribution in [-0.4, -0.2) is 10.9 Å². The molecule has 2 aliphatic rings. The molecule has 0 aromatic heterocycles. The first-order valence-electron chi connectivity index (χ1n) is 7.83. The molecule has 1 aromatic rings. The molecule has 1 nitrogen and oxygen atoms in total. The molecule has 1 saturated heterocycles. The van der Waals surface area contributed by atoms with E-state index in [9.17, 15) is 22.0 Å². The molecule has 1 saturated carbocycles. The quantitative estimate of drug-likeness (QED) is 0.163. The van der Waals surface area contributed by atoms with Crippen molar-refractivity contribution in [3.05, 3.63) is 41.2 Å². The second-order valence-electron chi connectivity index (χ2n) is 6.75. The molecule has 1 aromatic carbocycles. The lowest BCUT2D eigenvalue weighted by atomic mass is 9.77. The fraction of sp³-hybridized carbons (Fsp3) is 0.500. The smallest absolute Gasteiger partial charge is 0.200 e. The van der Waals surface area contributed by atoms with Crippen LogP contribution in [0, 0.1) is 35.0 Å². The van der Waals surface area contributed by atoms with Crippen molar-refractivity contribution < 1.29 is 26.5 Å². The summed E-state index contributed by atoms with van der Waals surface area (Å²) < 4.78 is 70.9. The Hall–Kier alpha value is -0.0800. The number of hydrogen-bond donors (Lipinski definition) is 0. The maximum Gasteiger partial charge on any atom is 0.200 e. The Labute approximate surface area is 161 Å². The summed E-state index contributed by atoms with van der Waals surface area (Å²) in [4.78, 5) is -0.962. The summed E-state index contributed by atoms with van der Waals surface area (Å²) in [5, 5.41) is 0. The van der Waals surface area contributed by atoms with Gasteiger partial charge in [0.05, 0.1) is 11.0 Å². The highest BCUT2D eigenvalue weighted by molar-refractivity contribution is 8.99. The van der Waals surface area contributed by atoms with Crippen molar-refractivity contribution in [1.82, 2.24) is 0 Å². The van der Waals surface area contributed by atoms with Crippen molar-refractivity contribution in [2.75, 3.05) is 0 Å². The number of allylic oxidation sites excluding steroid dienone is 1. The predicted molar refractivity (Wildman–Crippen MR) is 99.4 cm³/mol. The largest absolute Gasteiger partial charge is 0.329 e. The van der Waals surface area contributed by atoms with Gasteiger partial charge in [0.15, 0.2) is 27.9 Å². The number of fused-ring (bicyclic) bond motifs is 1. The van der Waals surface area contributed by atoms with Gasteiger partial charge in [0, 0.05) is 4.75 Å². The van der Waals surface area contributed by atoms with Crippen molar-refractivity contribution in [3.63, 3.8) is 0 Å². The zero-order chi connectivity index (χ0) is 19.4. The molecule has 1 heterocycles. The zero-order valence-corrected chi connectivity index (χ0v) is 17.3. The van der Waals surface area contributed by atoms with Gasteiger partial charge in [-0.05, 0) is 62.2 Å². The van der Waals surface area contributed by atoms with E-state index in [-0.39, 0.29) is 16.8 Å². The van der Waals surface area contributed by atoms with Crippen LogP contribution in [0.2, 0.25) is 0 Å². The minimum Gasteiger partial charge on any atom is -0.329 e. The van der Waals surface area contributed by atoms with Crippen molar-refractivity contribution >= 4 is 39.2 Å². The van der Waals surface area contributed by atoms with E-state index in [2.05, 4.69) is 6.58 Å². The van der Waals surface area contributed by atoms with Crippen LogP contribution in [-0.2, 0) is 16.3 Å². The molecule has 3 rings (SSSR count). The number of rotatable bonds is 3. The molecular formula is C16H16F5OPS3. The first-order valence-corrected chi connectivity index (χ1v) is 13.4. The lowest BCUT2D eigenvalue weighted by Gasteiger charge is -2.37. The summed E-state index contributed by atoms with van der Waals surface area (Å²) in [7, 11) is 0. The van der Waals surface area contributed by atoms with Gasteiger partial charge >= 0.3 is 0 Å². The first-order chi connectivity index (χ1) is 12.0.